The first-order valence-corrected chi connectivity index (χ1v) is 5.88. The Morgan fingerprint density at radius 3 is 2.93 bits per heavy atom. The minimum absolute atomic E-state index is 0.0636. The fourth-order valence-corrected chi connectivity index (χ4v) is 4.31. The maximum absolute atomic E-state index is 12.1. The summed E-state index contributed by atoms with van der Waals surface area (Å²) in [5, 5.41) is 10.1. The molecule has 7 atom stereocenters. The number of aliphatic hydroxyl groups excluding tert-OH is 1. The second-order valence-electron chi connectivity index (χ2n) is 5.27. The number of hydrogen-bond acceptors (Lipinski definition) is 3. The van der Waals surface area contributed by atoms with Gasteiger partial charge >= 0.3 is 0 Å². The summed E-state index contributed by atoms with van der Waals surface area (Å²) in [5.74, 6) is 1.24. The zero-order valence-corrected chi connectivity index (χ0v) is 8.67. The standard InChI is InChI=1S/C11H15NO3/c1-2-12-10(13)6-4-3-5(7(6)11(12)14)9-8(4)15-9/h4-10,13H,2-3H2,1H3/t4?,5?,6?,7?,8?,9?,10-/m0/s1. The van der Waals surface area contributed by atoms with Crippen molar-refractivity contribution in [3.63, 3.8) is 0 Å². The van der Waals surface area contributed by atoms with Gasteiger partial charge in [0.1, 0.15) is 6.23 Å². The molecule has 4 heteroatoms. The molecule has 2 saturated carbocycles. The molecule has 0 aromatic rings. The number of carbonyl (C=O) groups is 1. The van der Waals surface area contributed by atoms with Crippen LogP contribution in [0.5, 0.6) is 0 Å². The lowest BCUT2D eigenvalue weighted by molar-refractivity contribution is -0.136. The molecule has 6 unspecified atom stereocenters. The van der Waals surface area contributed by atoms with E-state index in [1.165, 1.54) is 0 Å². The van der Waals surface area contributed by atoms with Crippen LogP contribution in [0.25, 0.3) is 0 Å². The Kier molecular flexibility index (Phi) is 1.35. The predicted molar refractivity (Wildman–Crippen MR) is 50.6 cm³/mol. The summed E-state index contributed by atoms with van der Waals surface area (Å²) in [6.45, 7) is 2.56. The van der Waals surface area contributed by atoms with Crippen molar-refractivity contribution in [3.05, 3.63) is 0 Å². The highest BCUT2D eigenvalue weighted by molar-refractivity contribution is 5.83. The molecule has 15 heavy (non-hydrogen) atoms. The van der Waals surface area contributed by atoms with Gasteiger partial charge in [0.05, 0.1) is 18.1 Å². The highest BCUT2D eigenvalue weighted by Gasteiger charge is 2.73. The van der Waals surface area contributed by atoms with E-state index >= 15 is 0 Å². The van der Waals surface area contributed by atoms with Crippen LogP contribution in [0, 0.1) is 23.7 Å². The van der Waals surface area contributed by atoms with Gasteiger partial charge in [0, 0.05) is 18.4 Å². The molecule has 1 N–H and O–H groups in total. The van der Waals surface area contributed by atoms with Crippen LogP contribution in [0.4, 0.5) is 0 Å². The second kappa shape index (κ2) is 2.38. The molecule has 4 aliphatic rings. The van der Waals surface area contributed by atoms with Crippen LogP contribution in [0.3, 0.4) is 0 Å². The summed E-state index contributed by atoms with van der Waals surface area (Å²) in [5.41, 5.74) is 0. The summed E-state index contributed by atoms with van der Waals surface area (Å²) >= 11 is 0. The molecule has 0 aromatic carbocycles. The zero-order chi connectivity index (χ0) is 10.3. The average Bonchev–Trinajstić information content (AvgIpc) is 2.75. The maximum Gasteiger partial charge on any atom is 0.228 e. The van der Waals surface area contributed by atoms with Crippen LogP contribution in [0.15, 0.2) is 0 Å². The fourth-order valence-electron chi connectivity index (χ4n) is 4.31. The Morgan fingerprint density at radius 2 is 2.20 bits per heavy atom. The fraction of sp³-hybridized carbons (Fsp3) is 0.909. The number of nitrogens with zero attached hydrogens (tertiary/aromatic N) is 1. The van der Waals surface area contributed by atoms with E-state index < -0.39 is 6.23 Å². The summed E-state index contributed by atoms with van der Waals surface area (Å²) in [6, 6.07) is 0. The number of amides is 1. The van der Waals surface area contributed by atoms with Crippen molar-refractivity contribution in [2.45, 2.75) is 31.8 Å². The van der Waals surface area contributed by atoms with Crippen molar-refractivity contribution >= 4 is 5.91 Å². The quantitative estimate of drug-likeness (QED) is 0.609. The number of likely N-dealkylation sites (tertiary alicyclic amines) is 1. The van der Waals surface area contributed by atoms with Gasteiger partial charge in [-0.05, 0) is 19.3 Å². The first kappa shape index (κ1) is 8.53. The van der Waals surface area contributed by atoms with Gasteiger partial charge < -0.3 is 14.7 Å². The van der Waals surface area contributed by atoms with Crippen molar-refractivity contribution in [3.8, 4) is 0 Å². The van der Waals surface area contributed by atoms with Gasteiger partial charge in [0.25, 0.3) is 0 Å². The molecule has 0 spiro atoms. The number of rotatable bonds is 1. The second-order valence-corrected chi connectivity index (χ2v) is 5.27. The Balaban J connectivity index is 1.74. The topological polar surface area (TPSA) is 53.1 Å². The molecule has 2 saturated heterocycles. The molecular formula is C11H15NO3. The third-order valence-corrected chi connectivity index (χ3v) is 4.89. The SMILES string of the molecule is CCN1C(=O)C2C3CC(C4OC34)C2[C@@H]1O. The highest BCUT2D eigenvalue weighted by atomic mass is 16.6. The average molecular weight is 209 g/mol. The van der Waals surface area contributed by atoms with E-state index in [0.717, 1.165) is 6.42 Å². The van der Waals surface area contributed by atoms with Crippen molar-refractivity contribution in [1.29, 1.82) is 0 Å². The van der Waals surface area contributed by atoms with Crippen molar-refractivity contribution in [2.24, 2.45) is 23.7 Å². The van der Waals surface area contributed by atoms with E-state index in [1.54, 1.807) is 4.90 Å². The third kappa shape index (κ3) is 0.773. The number of aliphatic hydroxyl groups is 1. The van der Waals surface area contributed by atoms with Crippen LogP contribution >= 0.6 is 0 Å². The van der Waals surface area contributed by atoms with Crippen LogP contribution in [0.1, 0.15) is 13.3 Å². The maximum atomic E-state index is 12.1. The molecule has 2 heterocycles. The number of fused-ring (bicyclic) bond motifs is 8. The Hall–Kier alpha value is -0.610. The van der Waals surface area contributed by atoms with Crippen LogP contribution < -0.4 is 0 Å². The Bertz CT molecular complexity index is 345. The molecule has 2 aliphatic heterocycles. The van der Waals surface area contributed by atoms with Gasteiger partial charge in [-0.3, -0.25) is 4.79 Å². The Morgan fingerprint density at radius 1 is 1.47 bits per heavy atom. The van der Waals surface area contributed by atoms with E-state index in [2.05, 4.69) is 0 Å². The molecule has 4 fully saturated rings. The number of ether oxygens (including phenoxy) is 1. The van der Waals surface area contributed by atoms with E-state index in [1.807, 2.05) is 6.92 Å². The van der Waals surface area contributed by atoms with Crippen molar-refractivity contribution in [2.75, 3.05) is 6.54 Å². The van der Waals surface area contributed by atoms with Crippen LogP contribution in [-0.4, -0.2) is 40.9 Å². The minimum Gasteiger partial charge on any atom is -0.373 e. The van der Waals surface area contributed by atoms with E-state index in [0.29, 0.717) is 30.6 Å². The summed E-state index contributed by atoms with van der Waals surface area (Å²) in [7, 11) is 0. The normalized spacial score (nSPS) is 59.7. The van der Waals surface area contributed by atoms with Gasteiger partial charge in [-0.1, -0.05) is 0 Å². The van der Waals surface area contributed by atoms with Crippen molar-refractivity contribution < 1.29 is 14.6 Å². The van der Waals surface area contributed by atoms with Gasteiger partial charge in [-0.25, -0.2) is 0 Å². The third-order valence-electron chi connectivity index (χ3n) is 4.89. The first-order valence-electron chi connectivity index (χ1n) is 5.88. The number of epoxide rings is 1. The van der Waals surface area contributed by atoms with E-state index in [-0.39, 0.29) is 17.7 Å². The lowest BCUT2D eigenvalue weighted by Gasteiger charge is -2.24. The highest BCUT2D eigenvalue weighted by Crippen LogP contribution is 2.64. The van der Waals surface area contributed by atoms with Gasteiger partial charge in [0.2, 0.25) is 5.91 Å². The molecule has 1 amide bonds. The summed E-state index contributed by atoms with van der Waals surface area (Å²) in [4.78, 5) is 13.7. The van der Waals surface area contributed by atoms with Crippen LogP contribution in [-0.2, 0) is 9.53 Å². The zero-order valence-electron chi connectivity index (χ0n) is 8.67. The monoisotopic (exact) mass is 209 g/mol. The minimum atomic E-state index is -0.548. The molecule has 82 valence electrons. The molecule has 2 bridgehead atoms. The van der Waals surface area contributed by atoms with E-state index in [9.17, 15) is 9.90 Å². The summed E-state index contributed by atoms with van der Waals surface area (Å²) < 4.78 is 5.56. The largest absolute Gasteiger partial charge is 0.373 e. The lowest BCUT2D eigenvalue weighted by atomic mass is 9.81. The molecule has 0 aromatic heterocycles. The van der Waals surface area contributed by atoms with E-state index in [4.69, 9.17) is 4.74 Å². The molecular weight excluding hydrogens is 194 g/mol. The van der Waals surface area contributed by atoms with Crippen molar-refractivity contribution in [1.82, 2.24) is 4.90 Å². The molecule has 4 rings (SSSR count). The molecule has 4 nitrogen and oxygen atoms in total. The predicted octanol–water partition coefficient (Wildman–Crippen LogP) is -0.184. The first-order chi connectivity index (χ1) is 7.24. The smallest absolute Gasteiger partial charge is 0.228 e. The molecule has 0 radical (unpaired) electrons. The van der Waals surface area contributed by atoms with Gasteiger partial charge in [-0.15, -0.1) is 0 Å². The Labute approximate surface area is 88.2 Å². The number of hydrogen-bond donors (Lipinski definition) is 1. The van der Waals surface area contributed by atoms with Crippen LogP contribution in [0.2, 0.25) is 0 Å². The van der Waals surface area contributed by atoms with Gasteiger partial charge in [-0.2, -0.15) is 0 Å². The lowest BCUT2D eigenvalue weighted by Crippen LogP contribution is -2.37. The number of carbonyl (C=O) groups excluding carboxylic acids is 1. The summed E-state index contributed by atoms with van der Waals surface area (Å²) in [6.07, 6.45) is 1.28. The molecule has 2 aliphatic carbocycles. The van der Waals surface area contributed by atoms with Gasteiger partial charge in [0.15, 0.2) is 0 Å².